The number of hydrogen-bond donors (Lipinski definition) is 2. The van der Waals surface area contributed by atoms with E-state index in [0.29, 0.717) is 27.8 Å². The average Bonchev–Trinajstić information content (AvgIpc) is 3.09. The molecule has 2 heterocycles. The van der Waals surface area contributed by atoms with Crippen molar-refractivity contribution >= 4 is 40.6 Å². The van der Waals surface area contributed by atoms with Crippen LogP contribution in [0.25, 0.3) is 0 Å². The van der Waals surface area contributed by atoms with Gasteiger partial charge in [-0.1, -0.05) is 23.2 Å². The molecule has 0 aliphatic carbocycles. The molecule has 2 N–H and O–H groups in total. The molecule has 6 nitrogen and oxygen atoms in total. The van der Waals surface area contributed by atoms with Crippen LogP contribution in [0.4, 0.5) is 5.69 Å². The van der Waals surface area contributed by atoms with Gasteiger partial charge in [0.25, 0.3) is 5.91 Å². The average molecular weight is 380 g/mol. The van der Waals surface area contributed by atoms with Gasteiger partial charge in [-0.25, -0.2) is 0 Å². The van der Waals surface area contributed by atoms with E-state index >= 15 is 0 Å². The van der Waals surface area contributed by atoms with E-state index in [1.54, 1.807) is 12.1 Å². The van der Waals surface area contributed by atoms with Crippen molar-refractivity contribution < 1.29 is 24.2 Å². The Morgan fingerprint density at radius 2 is 1.96 bits per heavy atom. The van der Waals surface area contributed by atoms with Gasteiger partial charge in [0.15, 0.2) is 22.9 Å². The number of Topliss-reactive ketones (excluding diaryl/α,β-unsaturated/α-hetero) is 1. The summed E-state index contributed by atoms with van der Waals surface area (Å²) in [6, 6.07) is 7.57. The highest BCUT2D eigenvalue weighted by atomic mass is 35.5. The molecule has 0 aromatic heterocycles. The third-order valence-electron chi connectivity index (χ3n) is 4.20. The van der Waals surface area contributed by atoms with Crippen LogP contribution in [0, 0.1) is 0 Å². The maximum absolute atomic E-state index is 12.6. The molecule has 128 valence electrons. The fourth-order valence-electron chi connectivity index (χ4n) is 3.00. The lowest BCUT2D eigenvalue weighted by Crippen LogP contribution is -2.36. The van der Waals surface area contributed by atoms with Gasteiger partial charge in [0.05, 0.1) is 17.1 Å². The molecule has 4 rings (SSSR count). The van der Waals surface area contributed by atoms with E-state index in [4.69, 9.17) is 32.7 Å². The standard InChI is InChI=1S/C17H11Cl2NO5/c18-9-4-10(19)15-11(5-9)20-16(22)17(15,23)6-12(21)8-1-2-13-14(3-8)25-7-24-13/h1-5,23H,6-7H2,(H,20,22)/t17-/m0/s1. The Morgan fingerprint density at radius 1 is 1.20 bits per heavy atom. The lowest BCUT2D eigenvalue weighted by atomic mass is 9.88. The summed E-state index contributed by atoms with van der Waals surface area (Å²) >= 11 is 12.1. The fraction of sp³-hybridized carbons (Fsp3) is 0.176. The first-order valence-corrected chi connectivity index (χ1v) is 8.10. The summed E-state index contributed by atoms with van der Waals surface area (Å²) in [7, 11) is 0. The maximum atomic E-state index is 12.6. The van der Waals surface area contributed by atoms with Crippen molar-refractivity contribution in [3.63, 3.8) is 0 Å². The number of nitrogens with one attached hydrogen (secondary N) is 1. The van der Waals surface area contributed by atoms with Crippen LogP contribution >= 0.6 is 23.2 Å². The molecule has 1 atom stereocenters. The third-order valence-corrected chi connectivity index (χ3v) is 4.72. The molecule has 2 aliphatic rings. The fourth-order valence-corrected chi connectivity index (χ4v) is 3.65. The van der Waals surface area contributed by atoms with E-state index in [-0.39, 0.29) is 17.4 Å². The molecule has 8 heteroatoms. The number of benzene rings is 2. The van der Waals surface area contributed by atoms with Crippen molar-refractivity contribution in [2.45, 2.75) is 12.0 Å². The van der Waals surface area contributed by atoms with E-state index in [1.807, 2.05) is 0 Å². The second kappa shape index (κ2) is 5.62. The van der Waals surface area contributed by atoms with Gasteiger partial charge in [-0.3, -0.25) is 9.59 Å². The van der Waals surface area contributed by atoms with Gasteiger partial charge in [0.2, 0.25) is 6.79 Å². The molecular formula is C17H11Cl2NO5. The number of hydrogen-bond acceptors (Lipinski definition) is 5. The maximum Gasteiger partial charge on any atom is 0.261 e. The highest BCUT2D eigenvalue weighted by Gasteiger charge is 2.48. The zero-order valence-corrected chi connectivity index (χ0v) is 14.1. The van der Waals surface area contributed by atoms with E-state index in [9.17, 15) is 14.7 Å². The number of ether oxygens (including phenoxy) is 2. The zero-order chi connectivity index (χ0) is 17.8. The molecule has 0 radical (unpaired) electrons. The van der Waals surface area contributed by atoms with Gasteiger partial charge < -0.3 is 19.9 Å². The van der Waals surface area contributed by atoms with Crippen LogP contribution in [0.3, 0.4) is 0 Å². The Morgan fingerprint density at radius 3 is 2.76 bits per heavy atom. The Hall–Kier alpha value is -2.28. The Bertz CT molecular complexity index is 929. The number of amides is 1. The molecular weight excluding hydrogens is 369 g/mol. The number of halogens is 2. The topological polar surface area (TPSA) is 84.9 Å². The van der Waals surface area contributed by atoms with Crippen molar-refractivity contribution in [3.05, 3.63) is 51.5 Å². The van der Waals surface area contributed by atoms with Crippen molar-refractivity contribution in [2.75, 3.05) is 12.1 Å². The number of carbonyl (C=O) groups excluding carboxylic acids is 2. The van der Waals surface area contributed by atoms with Crippen LogP contribution in [-0.2, 0) is 10.4 Å². The van der Waals surface area contributed by atoms with Crippen molar-refractivity contribution in [1.29, 1.82) is 0 Å². The lowest BCUT2D eigenvalue weighted by Gasteiger charge is -2.21. The molecule has 0 fully saturated rings. The second-order valence-corrected chi connectivity index (χ2v) is 6.64. The van der Waals surface area contributed by atoms with E-state index in [0.717, 1.165) is 0 Å². The van der Waals surface area contributed by atoms with Gasteiger partial charge in [-0.15, -0.1) is 0 Å². The van der Waals surface area contributed by atoms with Crippen molar-refractivity contribution in [3.8, 4) is 11.5 Å². The Balaban J connectivity index is 1.69. The predicted molar refractivity (Wildman–Crippen MR) is 90.5 cm³/mol. The molecule has 2 aromatic rings. The normalized spacial score (nSPS) is 20.4. The highest BCUT2D eigenvalue weighted by molar-refractivity contribution is 6.36. The Labute approximate surface area is 152 Å². The van der Waals surface area contributed by atoms with E-state index < -0.39 is 23.7 Å². The third kappa shape index (κ3) is 2.54. The summed E-state index contributed by atoms with van der Waals surface area (Å²) in [5.41, 5.74) is -1.32. The number of ketones is 1. The summed E-state index contributed by atoms with van der Waals surface area (Å²) < 4.78 is 10.4. The van der Waals surface area contributed by atoms with E-state index in [1.165, 1.54) is 18.2 Å². The van der Waals surface area contributed by atoms with Gasteiger partial charge in [0, 0.05) is 16.1 Å². The first-order valence-electron chi connectivity index (χ1n) is 7.35. The Kier molecular flexibility index (Phi) is 3.64. The number of anilines is 1. The smallest absolute Gasteiger partial charge is 0.261 e. The minimum Gasteiger partial charge on any atom is -0.454 e. The lowest BCUT2D eigenvalue weighted by molar-refractivity contribution is -0.133. The minimum absolute atomic E-state index is 0.0864. The van der Waals surface area contributed by atoms with Gasteiger partial charge in [0.1, 0.15) is 0 Å². The molecule has 2 aromatic carbocycles. The molecule has 0 bridgehead atoms. The molecule has 0 unspecified atom stereocenters. The number of rotatable bonds is 3. The summed E-state index contributed by atoms with van der Waals surface area (Å²) in [5, 5.41) is 13.8. The van der Waals surface area contributed by atoms with Crippen LogP contribution in [0.1, 0.15) is 22.3 Å². The largest absolute Gasteiger partial charge is 0.454 e. The number of fused-ring (bicyclic) bond motifs is 2. The molecule has 0 spiro atoms. The van der Waals surface area contributed by atoms with Crippen LogP contribution in [-0.4, -0.2) is 23.6 Å². The second-order valence-electron chi connectivity index (χ2n) is 5.79. The van der Waals surface area contributed by atoms with Crippen LogP contribution in [0.5, 0.6) is 11.5 Å². The summed E-state index contributed by atoms with van der Waals surface area (Å²) in [4.78, 5) is 24.9. The minimum atomic E-state index is -2.07. The van der Waals surface area contributed by atoms with Crippen LogP contribution in [0.15, 0.2) is 30.3 Å². The monoisotopic (exact) mass is 379 g/mol. The molecule has 0 saturated carbocycles. The van der Waals surface area contributed by atoms with Gasteiger partial charge in [-0.05, 0) is 30.3 Å². The SMILES string of the molecule is O=C(C[C@@]1(O)C(=O)Nc2cc(Cl)cc(Cl)c21)c1ccc2c(c1)OCO2. The first-order chi connectivity index (χ1) is 11.9. The quantitative estimate of drug-likeness (QED) is 0.800. The van der Waals surface area contributed by atoms with Crippen LogP contribution < -0.4 is 14.8 Å². The van der Waals surface area contributed by atoms with Crippen molar-refractivity contribution in [1.82, 2.24) is 0 Å². The molecule has 25 heavy (non-hydrogen) atoms. The summed E-state index contributed by atoms with van der Waals surface area (Å²) in [6.07, 6.45) is -0.465. The molecule has 0 saturated heterocycles. The summed E-state index contributed by atoms with van der Waals surface area (Å²) in [5.74, 6) is -0.175. The van der Waals surface area contributed by atoms with Gasteiger partial charge >= 0.3 is 0 Å². The zero-order valence-electron chi connectivity index (χ0n) is 12.6. The molecule has 2 aliphatic heterocycles. The van der Waals surface area contributed by atoms with Crippen molar-refractivity contribution in [2.24, 2.45) is 0 Å². The number of carbonyl (C=O) groups is 2. The van der Waals surface area contributed by atoms with E-state index in [2.05, 4.69) is 5.32 Å². The summed E-state index contributed by atoms with van der Waals surface area (Å²) in [6.45, 7) is 0.0864. The van der Waals surface area contributed by atoms with Crippen LogP contribution in [0.2, 0.25) is 10.0 Å². The predicted octanol–water partition coefficient (Wildman–Crippen LogP) is 3.13. The highest BCUT2D eigenvalue weighted by Crippen LogP contribution is 2.45. The van der Waals surface area contributed by atoms with Gasteiger partial charge in [-0.2, -0.15) is 0 Å². The first kappa shape index (κ1) is 16.2. The number of aliphatic hydroxyl groups is 1. The molecule has 1 amide bonds.